The lowest BCUT2D eigenvalue weighted by molar-refractivity contribution is 0.0953. The highest BCUT2D eigenvalue weighted by atomic mass is 35.5. The fraction of sp³-hybridized carbons (Fsp3) is 0.571. The summed E-state index contributed by atoms with van der Waals surface area (Å²) in [7, 11) is 1.75. The summed E-state index contributed by atoms with van der Waals surface area (Å²) in [5.41, 5.74) is 0.463. The number of hydrogen-bond donors (Lipinski definition) is 2. The molecule has 4 nitrogen and oxygen atoms in total. The van der Waals surface area contributed by atoms with Gasteiger partial charge in [-0.2, -0.15) is 0 Å². The second-order valence-corrected chi connectivity index (χ2v) is 5.35. The fourth-order valence-electron chi connectivity index (χ4n) is 1.72. The number of hydrogen-bond acceptors (Lipinski definition) is 3. The van der Waals surface area contributed by atoms with Gasteiger partial charge in [-0.3, -0.25) is 4.79 Å². The number of halogens is 1. The lowest BCUT2D eigenvalue weighted by Gasteiger charge is -2.08. The van der Waals surface area contributed by atoms with Crippen molar-refractivity contribution in [2.45, 2.75) is 33.1 Å². The van der Waals surface area contributed by atoms with E-state index in [4.69, 9.17) is 11.6 Å². The highest BCUT2D eigenvalue weighted by Gasteiger charge is 2.11. The molecule has 19 heavy (non-hydrogen) atoms. The van der Waals surface area contributed by atoms with Crippen molar-refractivity contribution in [2.75, 3.05) is 18.9 Å². The molecule has 0 aliphatic carbocycles. The van der Waals surface area contributed by atoms with Gasteiger partial charge in [0.1, 0.15) is 5.82 Å². The summed E-state index contributed by atoms with van der Waals surface area (Å²) >= 11 is 5.98. The molecule has 0 radical (unpaired) electrons. The van der Waals surface area contributed by atoms with Gasteiger partial charge in [-0.05, 0) is 18.4 Å². The first-order valence-electron chi connectivity index (χ1n) is 6.66. The van der Waals surface area contributed by atoms with Crippen LogP contribution in [-0.2, 0) is 0 Å². The third-order valence-electron chi connectivity index (χ3n) is 2.85. The summed E-state index contributed by atoms with van der Waals surface area (Å²) in [6.45, 7) is 5.09. The van der Waals surface area contributed by atoms with Gasteiger partial charge in [0.2, 0.25) is 0 Å². The van der Waals surface area contributed by atoms with Gasteiger partial charge >= 0.3 is 0 Å². The molecule has 1 amide bonds. The Balaban J connectivity index is 2.45. The molecule has 0 atom stereocenters. The number of aromatic nitrogens is 1. The van der Waals surface area contributed by atoms with E-state index in [1.54, 1.807) is 13.1 Å². The van der Waals surface area contributed by atoms with Crippen LogP contribution in [-0.4, -0.2) is 24.5 Å². The van der Waals surface area contributed by atoms with E-state index in [0.717, 1.165) is 12.8 Å². The number of rotatable bonds is 7. The van der Waals surface area contributed by atoms with E-state index in [-0.39, 0.29) is 5.91 Å². The molecule has 0 saturated heterocycles. The average Bonchev–Trinajstić information content (AvgIpc) is 2.38. The van der Waals surface area contributed by atoms with Crippen LogP contribution in [0.1, 0.15) is 43.5 Å². The van der Waals surface area contributed by atoms with Crippen LogP contribution >= 0.6 is 11.6 Å². The number of anilines is 1. The Morgan fingerprint density at radius 3 is 2.79 bits per heavy atom. The molecule has 0 aliphatic rings. The third kappa shape index (κ3) is 5.47. The second-order valence-electron chi connectivity index (χ2n) is 4.94. The standard InChI is InChI=1S/C14H22ClN3O/c1-10(2)6-4-5-7-17-14(19)11-8-13(16-3)18-9-12(11)15/h8-10H,4-7H2,1-3H3,(H,16,18)(H,17,19). The van der Waals surface area contributed by atoms with Gasteiger partial charge in [-0.1, -0.05) is 38.3 Å². The molecule has 2 N–H and O–H groups in total. The third-order valence-corrected chi connectivity index (χ3v) is 3.15. The maximum atomic E-state index is 12.0. The highest BCUT2D eigenvalue weighted by Crippen LogP contribution is 2.17. The molecule has 0 fully saturated rings. The van der Waals surface area contributed by atoms with E-state index in [1.165, 1.54) is 12.6 Å². The number of pyridine rings is 1. The van der Waals surface area contributed by atoms with Crippen LogP contribution < -0.4 is 10.6 Å². The Kier molecular flexibility index (Phi) is 6.64. The summed E-state index contributed by atoms with van der Waals surface area (Å²) in [5.74, 6) is 1.20. The van der Waals surface area contributed by atoms with E-state index in [2.05, 4.69) is 29.5 Å². The number of nitrogens with zero attached hydrogens (tertiary/aromatic N) is 1. The second kappa shape index (κ2) is 8.00. The molecule has 1 heterocycles. The van der Waals surface area contributed by atoms with Crippen molar-refractivity contribution < 1.29 is 4.79 Å². The van der Waals surface area contributed by atoms with Crippen molar-refractivity contribution in [3.63, 3.8) is 0 Å². The normalized spacial score (nSPS) is 10.6. The monoisotopic (exact) mass is 283 g/mol. The summed E-state index contributed by atoms with van der Waals surface area (Å²) in [5, 5.41) is 6.15. The summed E-state index contributed by atoms with van der Waals surface area (Å²) in [4.78, 5) is 16.0. The summed E-state index contributed by atoms with van der Waals surface area (Å²) < 4.78 is 0. The molecule has 5 heteroatoms. The molecule has 1 aromatic rings. The first kappa shape index (κ1) is 15.8. The number of carbonyl (C=O) groups excluding carboxylic acids is 1. The number of amides is 1. The maximum absolute atomic E-state index is 12.0. The first-order chi connectivity index (χ1) is 9.04. The van der Waals surface area contributed by atoms with Gasteiger partial charge in [0.25, 0.3) is 5.91 Å². The Hall–Kier alpha value is -1.29. The van der Waals surface area contributed by atoms with E-state index in [0.29, 0.717) is 28.9 Å². The zero-order valence-corrected chi connectivity index (χ0v) is 12.5. The van der Waals surface area contributed by atoms with Gasteiger partial charge in [0.15, 0.2) is 0 Å². The summed E-state index contributed by atoms with van der Waals surface area (Å²) in [6, 6.07) is 1.66. The van der Waals surface area contributed by atoms with Crippen molar-refractivity contribution in [1.82, 2.24) is 10.3 Å². The molecule has 1 rings (SSSR count). The molecule has 106 valence electrons. The molecule has 1 aromatic heterocycles. The van der Waals surface area contributed by atoms with Crippen LogP contribution in [0.5, 0.6) is 0 Å². The smallest absolute Gasteiger partial charge is 0.252 e. The minimum atomic E-state index is -0.145. The SMILES string of the molecule is CNc1cc(C(=O)NCCCCC(C)C)c(Cl)cn1. The van der Waals surface area contributed by atoms with Gasteiger partial charge in [0.05, 0.1) is 10.6 Å². The molecule has 0 spiro atoms. The minimum absolute atomic E-state index is 0.145. The van der Waals surface area contributed by atoms with Crippen LogP contribution in [0, 0.1) is 5.92 Å². The molecule has 0 aliphatic heterocycles. The lowest BCUT2D eigenvalue weighted by atomic mass is 10.1. The highest BCUT2D eigenvalue weighted by molar-refractivity contribution is 6.33. The van der Waals surface area contributed by atoms with Gasteiger partial charge in [0, 0.05) is 19.8 Å². The Bertz CT molecular complexity index is 421. The molecule has 0 aromatic carbocycles. The Morgan fingerprint density at radius 1 is 1.42 bits per heavy atom. The van der Waals surface area contributed by atoms with Crippen LogP contribution in [0.3, 0.4) is 0 Å². The molecular weight excluding hydrogens is 262 g/mol. The van der Waals surface area contributed by atoms with Crippen molar-refractivity contribution in [2.24, 2.45) is 5.92 Å². The minimum Gasteiger partial charge on any atom is -0.373 e. The topological polar surface area (TPSA) is 54.0 Å². The Labute approximate surface area is 120 Å². The number of unbranched alkanes of at least 4 members (excludes halogenated alkanes) is 1. The van der Waals surface area contributed by atoms with E-state index >= 15 is 0 Å². The van der Waals surface area contributed by atoms with Crippen LogP contribution in [0.25, 0.3) is 0 Å². The Morgan fingerprint density at radius 2 is 2.16 bits per heavy atom. The van der Waals surface area contributed by atoms with Crippen molar-refractivity contribution in [3.8, 4) is 0 Å². The quantitative estimate of drug-likeness (QED) is 0.755. The lowest BCUT2D eigenvalue weighted by Crippen LogP contribution is -2.25. The molecular formula is C14H22ClN3O. The van der Waals surface area contributed by atoms with Gasteiger partial charge in [-0.15, -0.1) is 0 Å². The predicted octanol–water partition coefficient (Wildman–Crippen LogP) is 3.33. The van der Waals surface area contributed by atoms with Crippen molar-refractivity contribution in [3.05, 3.63) is 22.8 Å². The van der Waals surface area contributed by atoms with Crippen molar-refractivity contribution in [1.29, 1.82) is 0 Å². The number of carbonyl (C=O) groups is 1. The summed E-state index contributed by atoms with van der Waals surface area (Å²) in [6.07, 6.45) is 4.80. The van der Waals surface area contributed by atoms with Gasteiger partial charge < -0.3 is 10.6 Å². The largest absolute Gasteiger partial charge is 0.373 e. The van der Waals surface area contributed by atoms with Gasteiger partial charge in [-0.25, -0.2) is 4.98 Å². The zero-order valence-electron chi connectivity index (χ0n) is 11.8. The average molecular weight is 284 g/mol. The van der Waals surface area contributed by atoms with Crippen LogP contribution in [0.2, 0.25) is 5.02 Å². The molecule has 0 bridgehead atoms. The van der Waals surface area contributed by atoms with E-state index in [9.17, 15) is 4.79 Å². The zero-order chi connectivity index (χ0) is 14.3. The maximum Gasteiger partial charge on any atom is 0.252 e. The predicted molar refractivity (Wildman–Crippen MR) is 79.8 cm³/mol. The van der Waals surface area contributed by atoms with E-state index < -0.39 is 0 Å². The first-order valence-corrected chi connectivity index (χ1v) is 7.04. The van der Waals surface area contributed by atoms with Crippen LogP contribution in [0.15, 0.2) is 12.3 Å². The fourth-order valence-corrected chi connectivity index (χ4v) is 1.91. The molecule has 0 saturated carbocycles. The van der Waals surface area contributed by atoms with Crippen LogP contribution in [0.4, 0.5) is 5.82 Å². The van der Waals surface area contributed by atoms with E-state index in [1.807, 2.05) is 0 Å². The molecule has 0 unspecified atom stereocenters. The number of nitrogens with one attached hydrogen (secondary N) is 2. The van der Waals surface area contributed by atoms with Crippen molar-refractivity contribution >= 4 is 23.3 Å².